The molecule has 1 aromatic rings. The average Bonchev–Trinajstić information content (AvgIpc) is 3.18. The Balaban J connectivity index is 1.65. The fourth-order valence-corrected chi connectivity index (χ4v) is 5.90. The first-order chi connectivity index (χ1) is 15.4. The number of hydrogen-bond donors (Lipinski definition) is 2. The molecule has 176 valence electrons. The van der Waals surface area contributed by atoms with Crippen LogP contribution in [0.3, 0.4) is 0 Å². The van der Waals surface area contributed by atoms with Gasteiger partial charge in [-0.3, -0.25) is 14.9 Å². The third kappa shape index (κ3) is 6.04. The van der Waals surface area contributed by atoms with Crippen LogP contribution in [0, 0.1) is 5.92 Å². The van der Waals surface area contributed by atoms with Crippen molar-refractivity contribution in [2.45, 2.75) is 75.9 Å². The molecule has 3 rings (SSSR count). The highest BCUT2D eigenvalue weighted by Crippen LogP contribution is 2.40. The largest absolute Gasteiger partial charge is 0.480 e. The van der Waals surface area contributed by atoms with Crippen molar-refractivity contribution in [3.05, 3.63) is 35.9 Å². The number of rotatable bonds is 10. The lowest BCUT2D eigenvalue weighted by Gasteiger charge is -2.35. The van der Waals surface area contributed by atoms with Crippen LogP contribution in [0.2, 0.25) is 0 Å². The van der Waals surface area contributed by atoms with Crippen molar-refractivity contribution in [3.8, 4) is 0 Å². The number of carboxylic acid groups (broad SMARTS) is 1. The minimum Gasteiger partial charge on any atom is -0.480 e. The van der Waals surface area contributed by atoms with E-state index in [2.05, 4.69) is 5.32 Å². The topological polar surface area (TPSA) is 95.9 Å². The Labute approximate surface area is 194 Å². The molecule has 1 heterocycles. The molecule has 0 radical (unpaired) electrons. The molecule has 1 aliphatic carbocycles. The lowest BCUT2D eigenvalue weighted by atomic mass is 9.84. The number of benzene rings is 1. The number of likely N-dealkylation sites (tertiary alicyclic amines) is 1. The fourth-order valence-electron chi connectivity index (χ4n) is 4.89. The summed E-state index contributed by atoms with van der Waals surface area (Å²) >= 11 is 1.60. The fraction of sp³-hybridized carbons (Fsp3) is 0.625. The van der Waals surface area contributed by atoms with Crippen molar-refractivity contribution in [1.29, 1.82) is 0 Å². The standard InChI is InChI=1S/C24H34N2O5S/c1-3-31-24(30)19(15-32-14-17-9-5-4-6-10-17)25-16(2)22(27)26-20-12-8-7-11-18(20)13-21(26)23(28)29/h4-6,9-10,16,18-21,25H,3,7-8,11-15H2,1-2H3,(H,28,29)/t16-,18?,19?,20?,21?/m0/s1. The molecule has 5 atom stereocenters. The number of fused-ring (bicyclic) bond motifs is 1. The number of carboxylic acids is 1. The number of thioether (sulfide) groups is 1. The van der Waals surface area contributed by atoms with Crippen LogP contribution in [-0.4, -0.2) is 64.4 Å². The molecule has 0 aromatic heterocycles. The molecule has 32 heavy (non-hydrogen) atoms. The van der Waals surface area contributed by atoms with Crippen LogP contribution < -0.4 is 5.32 Å². The van der Waals surface area contributed by atoms with Crippen LogP contribution in [0.25, 0.3) is 0 Å². The zero-order valence-corrected chi connectivity index (χ0v) is 19.7. The highest BCUT2D eigenvalue weighted by molar-refractivity contribution is 7.98. The zero-order valence-electron chi connectivity index (χ0n) is 18.9. The van der Waals surface area contributed by atoms with Crippen molar-refractivity contribution in [2.75, 3.05) is 12.4 Å². The van der Waals surface area contributed by atoms with Crippen molar-refractivity contribution in [2.24, 2.45) is 5.92 Å². The Morgan fingerprint density at radius 2 is 1.94 bits per heavy atom. The number of hydrogen-bond acceptors (Lipinski definition) is 6. The minimum absolute atomic E-state index is 0.0184. The van der Waals surface area contributed by atoms with Gasteiger partial charge in [0.2, 0.25) is 5.91 Å². The summed E-state index contributed by atoms with van der Waals surface area (Å²) in [4.78, 5) is 39.4. The van der Waals surface area contributed by atoms with E-state index >= 15 is 0 Å². The number of amides is 1. The maximum Gasteiger partial charge on any atom is 0.326 e. The van der Waals surface area contributed by atoms with Crippen LogP contribution in [0.5, 0.6) is 0 Å². The molecule has 1 aliphatic heterocycles. The normalized spacial score (nSPS) is 24.4. The van der Waals surface area contributed by atoms with E-state index < -0.39 is 24.1 Å². The van der Waals surface area contributed by atoms with E-state index in [1.165, 1.54) is 0 Å². The number of nitrogens with zero attached hydrogens (tertiary/aromatic N) is 1. The van der Waals surface area contributed by atoms with Gasteiger partial charge >= 0.3 is 11.9 Å². The molecule has 1 amide bonds. The molecule has 2 N–H and O–H groups in total. The molecule has 1 aromatic carbocycles. The molecule has 0 bridgehead atoms. The second-order valence-corrected chi connectivity index (χ2v) is 9.67. The highest BCUT2D eigenvalue weighted by atomic mass is 32.2. The van der Waals surface area contributed by atoms with Gasteiger partial charge in [0.1, 0.15) is 12.1 Å². The maximum atomic E-state index is 13.4. The van der Waals surface area contributed by atoms with Crippen molar-refractivity contribution >= 4 is 29.6 Å². The van der Waals surface area contributed by atoms with Crippen LogP contribution in [0.15, 0.2) is 30.3 Å². The van der Waals surface area contributed by atoms with Crippen molar-refractivity contribution < 1.29 is 24.2 Å². The Hall–Kier alpha value is -2.06. The first-order valence-electron chi connectivity index (χ1n) is 11.5. The van der Waals surface area contributed by atoms with Gasteiger partial charge in [-0.25, -0.2) is 4.79 Å². The molecule has 1 saturated heterocycles. The number of aliphatic carboxylic acids is 1. The monoisotopic (exact) mass is 462 g/mol. The second kappa shape index (κ2) is 11.7. The number of carbonyl (C=O) groups excluding carboxylic acids is 2. The molecule has 1 saturated carbocycles. The van der Waals surface area contributed by atoms with E-state index in [1.54, 1.807) is 30.5 Å². The van der Waals surface area contributed by atoms with Gasteiger partial charge in [-0.05, 0) is 44.6 Å². The van der Waals surface area contributed by atoms with E-state index in [-0.39, 0.29) is 30.4 Å². The molecule has 7 nitrogen and oxygen atoms in total. The van der Waals surface area contributed by atoms with Gasteiger partial charge in [-0.2, -0.15) is 11.8 Å². The molecule has 0 spiro atoms. The molecular weight excluding hydrogens is 428 g/mol. The summed E-state index contributed by atoms with van der Waals surface area (Å²) in [6.45, 7) is 3.73. The maximum absolute atomic E-state index is 13.4. The average molecular weight is 463 g/mol. The third-order valence-electron chi connectivity index (χ3n) is 6.42. The Morgan fingerprint density at radius 1 is 1.22 bits per heavy atom. The summed E-state index contributed by atoms with van der Waals surface area (Å²) in [5, 5.41) is 12.9. The number of carbonyl (C=O) groups is 3. The van der Waals surface area contributed by atoms with Gasteiger partial charge in [-0.1, -0.05) is 43.2 Å². The van der Waals surface area contributed by atoms with Gasteiger partial charge < -0.3 is 14.7 Å². The zero-order chi connectivity index (χ0) is 23.1. The summed E-state index contributed by atoms with van der Waals surface area (Å²) in [5.41, 5.74) is 1.16. The summed E-state index contributed by atoms with van der Waals surface area (Å²) < 4.78 is 5.22. The Kier molecular flexibility index (Phi) is 8.99. The molecule has 2 aliphatic rings. The van der Waals surface area contributed by atoms with Crippen LogP contribution in [-0.2, 0) is 24.9 Å². The van der Waals surface area contributed by atoms with E-state index in [0.717, 1.165) is 37.0 Å². The van der Waals surface area contributed by atoms with E-state index in [0.29, 0.717) is 12.2 Å². The lowest BCUT2D eigenvalue weighted by Crippen LogP contribution is -2.56. The minimum atomic E-state index is -0.944. The van der Waals surface area contributed by atoms with Gasteiger partial charge in [-0.15, -0.1) is 0 Å². The molecule has 4 unspecified atom stereocenters. The van der Waals surface area contributed by atoms with Gasteiger partial charge in [0.15, 0.2) is 0 Å². The SMILES string of the molecule is CCOC(=O)C(CSCc1ccccc1)N[C@@H](C)C(=O)N1C(C(=O)O)CC2CCCCC21. The molecule has 2 fully saturated rings. The van der Waals surface area contributed by atoms with Crippen LogP contribution in [0.4, 0.5) is 0 Å². The molecule has 8 heteroatoms. The number of nitrogens with one attached hydrogen (secondary N) is 1. The summed E-state index contributed by atoms with van der Waals surface area (Å²) in [6.07, 6.45) is 4.45. The predicted octanol–water partition coefficient (Wildman–Crippen LogP) is 3.07. The lowest BCUT2D eigenvalue weighted by molar-refractivity contribution is -0.151. The predicted molar refractivity (Wildman–Crippen MR) is 124 cm³/mol. The first kappa shape index (κ1) is 24.6. The summed E-state index contributed by atoms with van der Waals surface area (Å²) in [6, 6.07) is 7.86. The second-order valence-electron chi connectivity index (χ2n) is 8.64. The summed E-state index contributed by atoms with van der Waals surface area (Å²) in [7, 11) is 0. The van der Waals surface area contributed by atoms with E-state index in [9.17, 15) is 19.5 Å². The van der Waals surface area contributed by atoms with Gasteiger partial charge in [0.05, 0.1) is 12.6 Å². The van der Waals surface area contributed by atoms with Crippen molar-refractivity contribution in [1.82, 2.24) is 10.2 Å². The first-order valence-corrected chi connectivity index (χ1v) is 12.7. The van der Waals surface area contributed by atoms with Crippen molar-refractivity contribution in [3.63, 3.8) is 0 Å². The number of esters is 1. The number of ether oxygens (including phenoxy) is 1. The van der Waals surface area contributed by atoms with Crippen LogP contribution in [0.1, 0.15) is 51.5 Å². The van der Waals surface area contributed by atoms with Gasteiger partial charge in [0, 0.05) is 17.5 Å². The van der Waals surface area contributed by atoms with Gasteiger partial charge in [0.25, 0.3) is 0 Å². The highest BCUT2D eigenvalue weighted by Gasteiger charge is 2.48. The van der Waals surface area contributed by atoms with E-state index in [4.69, 9.17) is 4.74 Å². The molecular formula is C24H34N2O5S. The summed E-state index contributed by atoms with van der Waals surface area (Å²) in [5.74, 6) is -0.116. The van der Waals surface area contributed by atoms with E-state index in [1.807, 2.05) is 30.3 Å². The quantitative estimate of drug-likeness (QED) is 0.516. The smallest absolute Gasteiger partial charge is 0.326 e. The van der Waals surface area contributed by atoms with Crippen LogP contribution >= 0.6 is 11.8 Å². The Bertz CT molecular complexity index is 790. The Morgan fingerprint density at radius 3 is 2.62 bits per heavy atom. The third-order valence-corrected chi connectivity index (χ3v) is 7.52.